The van der Waals surface area contributed by atoms with Crippen LogP contribution in [-0.2, 0) is 30.3 Å². The molecule has 138 valence electrons. The average molecular weight is 350 g/mol. The fourth-order valence-corrected chi connectivity index (χ4v) is 2.49. The van der Waals surface area contributed by atoms with Gasteiger partial charge in [0.25, 0.3) is 0 Å². The van der Waals surface area contributed by atoms with Gasteiger partial charge in [-0.3, -0.25) is 9.59 Å². The first-order chi connectivity index (χ1) is 11.9. The molecule has 0 saturated heterocycles. The topological polar surface area (TPSA) is 89.9 Å². The quantitative estimate of drug-likeness (QED) is 0.460. The number of benzene rings is 1. The molecule has 0 amide bonds. The van der Waals surface area contributed by atoms with E-state index in [1.807, 2.05) is 37.3 Å². The van der Waals surface area contributed by atoms with Gasteiger partial charge in [0.1, 0.15) is 5.78 Å². The summed E-state index contributed by atoms with van der Waals surface area (Å²) < 4.78 is 10.7. The van der Waals surface area contributed by atoms with Crippen molar-refractivity contribution in [2.45, 2.75) is 45.6 Å². The molecule has 0 aromatic heterocycles. The standard InChI is InChI=1S/C19H26O6/c1-3-24-17(12-15-8-5-4-6-9-15)19(23)25-11-7-10-16(14(2)20)13-18(21)22/h4-6,8-9,16-17H,3,7,10-13H2,1-2H3,(H,21,22). The van der Waals surface area contributed by atoms with Crippen molar-refractivity contribution in [1.82, 2.24) is 0 Å². The molecule has 0 spiro atoms. The van der Waals surface area contributed by atoms with Gasteiger partial charge in [0.2, 0.25) is 0 Å². The van der Waals surface area contributed by atoms with Crippen LogP contribution in [0.1, 0.15) is 38.7 Å². The molecule has 0 aliphatic heterocycles. The molecule has 1 N–H and O–H groups in total. The van der Waals surface area contributed by atoms with Crippen LogP contribution in [0.5, 0.6) is 0 Å². The SMILES string of the molecule is CCOC(Cc1ccccc1)C(=O)OCCCC(CC(=O)O)C(C)=O. The van der Waals surface area contributed by atoms with E-state index in [9.17, 15) is 14.4 Å². The van der Waals surface area contributed by atoms with Gasteiger partial charge in [-0.05, 0) is 32.3 Å². The third-order valence-corrected chi connectivity index (χ3v) is 3.83. The summed E-state index contributed by atoms with van der Waals surface area (Å²) in [5.41, 5.74) is 0.982. The number of rotatable bonds is 12. The van der Waals surface area contributed by atoms with E-state index in [4.69, 9.17) is 14.6 Å². The highest BCUT2D eigenvalue weighted by atomic mass is 16.6. The molecule has 0 radical (unpaired) electrons. The third kappa shape index (κ3) is 8.44. The van der Waals surface area contributed by atoms with E-state index in [0.29, 0.717) is 25.9 Å². The second kappa shape index (κ2) is 11.4. The minimum absolute atomic E-state index is 0.139. The fraction of sp³-hybridized carbons (Fsp3) is 0.526. The Hall–Kier alpha value is -2.21. The Morgan fingerprint density at radius 3 is 2.40 bits per heavy atom. The molecule has 0 aliphatic carbocycles. The zero-order chi connectivity index (χ0) is 18.7. The maximum absolute atomic E-state index is 12.2. The molecule has 1 aromatic rings. The van der Waals surface area contributed by atoms with Crippen LogP contribution in [0.25, 0.3) is 0 Å². The van der Waals surface area contributed by atoms with Crippen molar-refractivity contribution in [2.75, 3.05) is 13.2 Å². The molecule has 0 bridgehead atoms. The number of carbonyl (C=O) groups excluding carboxylic acids is 2. The highest BCUT2D eigenvalue weighted by molar-refractivity contribution is 5.82. The lowest BCUT2D eigenvalue weighted by molar-refractivity contribution is -0.157. The molecule has 6 nitrogen and oxygen atoms in total. The van der Waals surface area contributed by atoms with E-state index >= 15 is 0 Å². The van der Waals surface area contributed by atoms with Crippen LogP contribution in [0.15, 0.2) is 30.3 Å². The number of ketones is 1. The smallest absolute Gasteiger partial charge is 0.335 e. The molecule has 1 aromatic carbocycles. The number of ether oxygens (including phenoxy) is 2. The average Bonchev–Trinajstić information content (AvgIpc) is 2.57. The predicted octanol–water partition coefficient (Wildman–Crippen LogP) is 2.64. The summed E-state index contributed by atoms with van der Waals surface area (Å²) in [6.07, 6.45) is 0.386. The van der Waals surface area contributed by atoms with E-state index in [0.717, 1.165) is 5.56 Å². The summed E-state index contributed by atoms with van der Waals surface area (Å²) in [7, 11) is 0. The van der Waals surface area contributed by atoms with Crippen LogP contribution < -0.4 is 0 Å². The third-order valence-electron chi connectivity index (χ3n) is 3.83. The van der Waals surface area contributed by atoms with Crippen LogP contribution in [0, 0.1) is 5.92 Å². The molecule has 0 heterocycles. The van der Waals surface area contributed by atoms with Gasteiger partial charge in [-0.2, -0.15) is 0 Å². The van der Waals surface area contributed by atoms with Crippen molar-refractivity contribution in [1.29, 1.82) is 0 Å². The van der Waals surface area contributed by atoms with Gasteiger partial charge < -0.3 is 14.6 Å². The first-order valence-corrected chi connectivity index (χ1v) is 8.48. The van der Waals surface area contributed by atoms with Crippen LogP contribution in [-0.4, -0.2) is 42.1 Å². The maximum atomic E-state index is 12.2. The molecule has 0 fully saturated rings. The van der Waals surface area contributed by atoms with E-state index < -0.39 is 24.0 Å². The zero-order valence-electron chi connectivity index (χ0n) is 14.8. The minimum atomic E-state index is -1.00. The normalized spacial score (nSPS) is 13.0. The molecule has 2 atom stereocenters. The first-order valence-electron chi connectivity index (χ1n) is 8.48. The predicted molar refractivity (Wildman–Crippen MR) is 92.2 cm³/mol. The number of carboxylic acid groups (broad SMARTS) is 1. The van der Waals surface area contributed by atoms with Gasteiger partial charge in [-0.25, -0.2) is 4.79 Å². The molecule has 1 rings (SSSR count). The summed E-state index contributed by atoms with van der Waals surface area (Å²) in [6.45, 7) is 3.73. The van der Waals surface area contributed by atoms with Crippen LogP contribution in [0.2, 0.25) is 0 Å². The van der Waals surface area contributed by atoms with E-state index in [1.165, 1.54) is 6.92 Å². The number of hydrogen-bond donors (Lipinski definition) is 1. The number of esters is 1. The van der Waals surface area contributed by atoms with Crippen molar-refractivity contribution in [2.24, 2.45) is 5.92 Å². The van der Waals surface area contributed by atoms with Crippen molar-refractivity contribution in [3.05, 3.63) is 35.9 Å². The summed E-state index contributed by atoms with van der Waals surface area (Å²) in [5.74, 6) is -2.15. The molecule has 0 aliphatic rings. The largest absolute Gasteiger partial charge is 0.481 e. The monoisotopic (exact) mass is 350 g/mol. The lowest BCUT2D eigenvalue weighted by Crippen LogP contribution is -2.29. The number of Topliss-reactive ketones (excluding diaryl/α,β-unsaturated/α-hetero) is 1. The molecular weight excluding hydrogens is 324 g/mol. The Balaban J connectivity index is 2.43. The van der Waals surface area contributed by atoms with Gasteiger partial charge in [-0.1, -0.05) is 30.3 Å². The molecular formula is C19H26O6. The summed E-state index contributed by atoms with van der Waals surface area (Å²) in [5, 5.41) is 8.80. The second-order valence-corrected chi connectivity index (χ2v) is 5.85. The number of carboxylic acids is 1. The molecule has 0 saturated carbocycles. The first kappa shape index (κ1) is 20.8. The fourth-order valence-electron chi connectivity index (χ4n) is 2.49. The van der Waals surface area contributed by atoms with Crippen molar-refractivity contribution in [3.63, 3.8) is 0 Å². The highest BCUT2D eigenvalue weighted by Gasteiger charge is 2.22. The summed E-state index contributed by atoms with van der Waals surface area (Å²) >= 11 is 0. The Labute approximate surface area is 148 Å². The van der Waals surface area contributed by atoms with Gasteiger partial charge in [0.15, 0.2) is 6.10 Å². The summed E-state index contributed by atoms with van der Waals surface area (Å²) in [4.78, 5) is 34.3. The zero-order valence-corrected chi connectivity index (χ0v) is 14.8. The number of aliphatic carboxylic acids is 1. The van der Waals surface area contributed by atoms with Crippen LogP contribution >= 0.6 is 0 Å². The Morgan fingerprint density at radius 1 is 1.16 bits per heavy atom. The second-order valence-electron chi connectivity index (χ2n) is 5.85. The van der Waals surface area contributed by atoms with Crippen LogP contribution in [0.4, 0.5) is 0 Å². The maximum Gasteiger partial charge on any atom is 0.335 e. The number of hydrogen-bond acceptors (Lipinski definition) is 5. The lowest BCUT2D eigenvalue weighted by atomic mass is 9.96. The molecule has 2 unspecified atom stereocenters. The molecule has 6 heteroatoms. The lowest BCUT2D eigenvalue weighted by Gasteiger charge is -2.17. The number of carbonyl (C=O) groups is 3. The van der Waals surface area contributed by atoms with Gasteiger partial charge >= 0.3 is 11.9 Å². The van der Waals surface area contributed by atoms with Crippen molar-refractivity contribution in [3.8, 4) is 0 Å². The Morgan fingerprint density at radius 2 is 1.84 bits per heavy atom. The molecule has 25 heavy (non-hydrogen) atoms. The Kier molecular flexibility index (Phi) is 9.47. The van der Waals surface area contributed by atoms with E-state index in [-0.39, 0.29) is 18.8 Å². The van der Waals surface area contributed by atoms with Crippen molar-refractivity contribution < 1.29 is 29.0 Å². The van der Waals surface area contributed by atoms with Gasteiger partial charge in [-0.15, -0.1) is 0 Å². The van der Waals surface area contributed by atoms with E-state index in [1.54, 1.807) is 0 Å². The van der Waals surface area contributed by atoms with Gasteiger partial charge in [0.05, 0.1) is 13.0 Å². The highest BCUT2D eigenvalue weighted by Crippen LogP contribution is 2.14. The van der Waals surface area contributed by atoms with Crippen molar-refractivity contribution >= 4 is 17.7 Å². The summed E-state index contributed by atoms with van der Waals surface area (Å²) in [6, 6.07) is 9.54. The Bertz CT molecular complexity index is 554. The van der Waals surface area contributed by atoms with Gasteiger partial charge in [0, 0.05) is 18.9 Å². The van der Waals surface area contributed by atoms with E-state index in [2.05, 4.69) is 0 Å². The minimum Gasteiger partial charge on any atom is -0.481 e. The van der Waals surface area contributed by atoms with Crippen LogP contribution in [0.3, 0.4) is 0 Å².